The van der Waals surface area contributed by atoms with Crippen molar-refractivity contribution in [2.45, 2.75) is 82.5 Å². The Morgan fingerprint density at radius 1 is 0.923 bits per heavy atom. The Kier molecular flexibility index (Phi) is 11.9. The molecule has 2 saturated carbocycles. The van der Waals surface area contributed by atoms with Crippen molar-refractivity contribution in [3.63, 3.8) is 0 Å². The second-order valence-corrected chi connectivity index (χ2v) is 7.00. The van der Waals surface area contributed by atoms with E-state index in [2.05, 4.69) is 5.32 Å². The molecule has 0 spiro atoms. The van der Waals surface area contributed by atoms with E-state index in [-0.39, 0.29) is 6.10 Å². The molecule has 150 valence electrons. The minimum atomic E-state index is -1.26. The molecule has 4 N–H and O–H groups in total. The minimum Gasteiger partial charge on any atom is -0.478 e. The highest BCUT2D eigenvalue weighted by Gasteiger charge is 2.17. The summed E-state index contributed by atoms with van der Waals surface area (Å²) in [7, 11) is 0. The van der Waals surface area contributed by atoms with Crippen molar-refractivity contribution in [1.82, 2.24) is 5.32 Å². The van der Waals surface area contributed by atoms with Crippen molar-refractivity contribution >= 4 is 11.9 Å². The zero-order valence-corrected chi connectivity index (χ0v) is 15.4. The van der Waals surface area contributed by atoms with Crippen LogP contribution in [-0.4, -0.2) is 58.7 Å². The van der Waals surface area contributed by atoms with Gasteiger partial charge < -0.3 is 25.4 Å². The third kappa shape index (κ3) is 12.0. The maximum atomic E-state index is 9.92. The highest BCUT2D eigenvalue weighted by molar-refractivity contribution is 5.89. The van der Waals surface area contributed by atoms with Gasteiger partial charge in [0.05, 0.1) is 18.8 Å². The lowest BCUT2D eigenvalue weighted by molar-refractivity contribution is -0.134. The predicted molar refractivity (Wildman–Crippen MR) is 98.1 cm³/mol. The standard InChI is InChI=1S/C15H29NO2.C4H4O4/c17-14(11-16-13-7-3-1-4-8-13)12-18-15-9-5-2-6-10-15;5-3(6)1-2-4(7)8/h13-17H,1-12H2;1-2H,(H,5,6)(H,7,8)/b;2-1+. The van der Waals surface area contributed by atoms with Gasteiger partial charge in [0.25, 0.3) is 0 Å². The predicted octanol–water partition coefficient (Wildman–Crippen LogP) is 2.33. The number of aliphatic carboxylic acids is 2. The summed E-state index contributed by atoms with van der Waals surface area (Å²) in [5.41, 5.74) is 0. The zero-order valence-electron chi connectivity index (χ0n) is 15.4. The Balaban J connectivity index is 0.000000359. The fourth-order valence-electron chi connectivity index (χ4n) is 3.29. The molecule has 0 saturated heterocycles. The Labute approximate surface area is 155 Å². The highest BCUT2D eigenvalue weighted by atomic mass is 16.5. The lowest BCUT2D eigenvalue weighted by Crippen LogP contribution is -2.39. The Bertz CT molecular complexity index is 390. The van der Waals surface area contributed by atoms with Gasteiger partial charge >= 0.3 is 11.9 Å². The van der Waals surface area contributed by atoms with Gasteiger partial charge in [0, 0.05) is 24.7 Å². The molecule has 0 bridgehead atoms. The quantitative estimate of drug-likeness (QED) is 0.484. The first-order valence-electron chi connectivity index (χ1n) is 9.64. The van der Waals surface area contributed by atoms with Crippen molar-refractivity contribution in [2.75, 3.05) is 13.2 Å². The summed E-state index contributed by atoms with van der Waals surface area (Å²) in [6, 6.07) is 0.628. The maximum Gasteiger partial charge on any atom is 0.328 e. The molecule has 7 heteroatoms. The smallest absolute Gasteiger partial charge is 0.328 e. The van der Waals surface area contributed by atoms with Gasteiger partial charge in [0.15, 0.2) is 0 Å². The molecule has 0 heterocycles. The van der Waals surface area contributed by atoms with E-state index < -0.39 is 11.9 Å². The largest absolute Gasteiger partial charge is 0.478 e. The first-order valence-corrected chi connectivity index (χ1v) is 9.64. The number of ether oxygens (including phenoxy) is 1. The second-order valence-electron chi connectivity index (χ2n) is 7.00. The molecule has 0 aromatic rings. The molecular formula is C19H33NO6. The van der Waals surface area contributed by atoms with E-state index in [1.807, 2.05) is 0 Å². The SMILES string of the molecule is O=C(O)/C=C/C(=O)O.OC(CNC1CCCCC1)COC1CCCCC1. The molecule has 1 atom stereocenters. The number of aliphatic hydroxyl groups excluding tert-OH is 1. The van der Waals surface area contributed by atoms with Gasteiger partial charge in [-0.3, -0.25) is 0 Å². The van der Waals surface area contributed by atoms with E-state index in [0.29, 0.717) is 37.4 Å². The third-order valence-electron chi connectivity index (χ3n) is 4.69. The molecule has 1 unspecified atom stereocenters. The van der Waals surface area contributed by atoms with Gasteiger partial charge in [-0.2, -0.15) is 0 Å². The number of nitrogens with one attached hydrogen (secondary N) is 1. The van der Waals surface area contributed by atoms with Crippen LogP contribution in [0.15, 0.2) is 12.2 Å². The molecule has 0 radical (unpaired) electrons. The van der Waals surface area contributed by atoms with E-state index in [4.69, 9.17) is 14.9 Å². The molecule has 2 aliphatic carbocycles. The normalized spacial score (nSPS) is 20.3. The molecule has 26 heavy (non-hydrogen) atoms. The van der Waals surface area contributed by atoms with Crippen molar-refractivity contribution in [3.8, 4) is 0 Å². The van der Waals surface area contributed by atoms with Gasteiger partial charge in [-0.05, 0) is 25.7 Å². The number of aliphatic hydroxyl groups is 1. The van der Waals surface area contributed by atoms with Gasteiger partial charge in [0.2, 0.25) is 0 Å². The minimum absolute atomic E-state index is 0.339. The topological polar surface area (TPSA) is 116 Å². The fraction of sp³-hybridized carbons (Fsp3) is 0.789. The van der Waals surface area contributed by atoms with E-state index in [1.165, 1.54) is 64.2 Å². The van der Waals surface area contributed by atoms with Crippen molar-refractivity contribution in [3.05, 3.63) is 12.2 Å². The molecule has 2 aliphatic rings. The average molecular weight is 371 g/mol. The first kappa shape index (κ1) is 22.6. The van der Waals surface area contributed by atoms with Crippen LogP contribution in [0.1, 0.15) is 64.2 Å². The number of carbonyl (C=O) groups is 2. The van der Waals surface area contributed by atoms with Crippen molar-refractivity contribution < 1.29 is 29.6 Å². The van der Waals surface area contributed by atoms with E-state index >= 15 is 0 Å². The first-order chi connectivity index (χ1) is 12.5. The molecule has 0 aliphatic heterocycles. The van der Waals surface area contributed by atoms with Crippen LogP contribution in [0.3, 0.4) is 0 Å². The summed E-state index contributed by atoms with van der Waals surface area (Å²) in [6.07, 6.45) is 14.1. The van der Waals surface area contributed by atoms with Crippen LogP contribution in [0.5, 0.6) is 0 Å². The summed E-state index contributed by atoms with van der Waals surface area (Å²) < 4.78 is 5.79. The maximum absolute atomic E-state index is 9.92. The number of hydrogen-bond donors (Lipinski definition) is 4. The number of carboxylic acids is 2. The summed E-state index contributed by atoms with van der Waals surface area (Å²) in [4.78, 5) is 19.1. The van der Waals surface area contributed by atoms with E-state index in [9.17, 15) is 14.7 Å². The highest BCUT2D eigenvalue weighted by Crippen LogP contribution is 2.20. The van der Waals surface area contributed by atoms with Gasteiger partial charge in [-0.25, -0.2) is 9.59 Å². The lowest BCUT2D eigenvalue weighted by Gasteiger charge is -2.26. The summed E-state index contributed by atoms with van der Waals surface area (Å²) >= 11 is 0. The summed E-state index contributed by atoms with van der Waals surface area (Å²) in [5.74, 6) is -2.51. The van der Waals surface area contributed by atoms with Crippen LogP contribution in [0, 0.1) is 0 Å². The van der Waals surface area contributed by atoms with Gasteiger partial charge in [-0.1, -0.05) is 38.5 Å². The van der Waals surface area contributed by atoms with Crippen LogP contribution in [0.25, 0.3) is 0 Å². The second kappa shape index (κ2) is 13.7. The molecule has 0 amide bonds. The van der Waals surface area contributed by atoms with Crippen LogP contribution < -0.4 is 5.32 Å². The van der Waals surface area contributed by atoms with Gasteiger partial charge in [0.1, 0.15) is 0 Å². The molecule has 2 fully saturated rings. The average Bonchev–Trinajstić information content (AvgIpc) is 2.65. The van der Waals surface area contributed by atoms with E-state index in [0.717, 1.165) is 0 Å². The third-order valence-corrected chi connectivity index (χ3v) is 4.69. The van der Waals surface area contributed by atoms with Gasteiger partial charge in [-0.15, -0.1) is 0 Å². The Morgan fingerprint density at radius 3 is 1.92 bits per heavy atom. The number of hydrogen-bond acceptors (Lipinski definition) is 5. The fourth-order valence-corrected chi connectivity index (χ4v) is 3.29. The molecular weight excluding hydrogens is 338 g/mol. The van der Waals surface area contributed by atoms with Crippen LogP contribution >= 0.6 is 0 Å². The molecule has 0 aromatic heterocycles. The molecule has 2 rings (SSSR count). The number of carboxylic acid groups (broad SMARTS) is 2. The summed E-state index contributed by atoms with van der Waals surface area (Å²) in [5, 5.41) is 29.0. The molecule has 7 nitrogen and oxygen atoms in total. The Hall–Kier alpha value is -1.44. The Morgan fingerprint density at radius 2 is 1.42 bits per heavy atom. The van der Waals surface area contributed by atoms with Crippen LogP contribution in [-0.2, 0) is 14.3 Å². The van der Waals surface area contributed by atoms with Crippen LogP contribution in [0.2, 0.25) is 0 Å². The summed E-state index contributed by atoms with van der Waals surface area (Å²) in [6.45, 7) is 1.20. The number of rotatable bonds is 8. The zero-order chi connectivity index (χ0) is 19.2. The van der Waals surface area contributed by atoms with E-state index in [1.54, 1.807) is 0 Å². The monoisotopic (exact) mass is 371 g/mol. The van der Waals surface area contributed by atoms with Crippen molar-refractivity contribution in [1.29, 1.82) is 0 Å². The van der Waals surface area contributed by atoms with Crippen molar-refractivity contribution in [2.24, 2.45) is 0 Å². The van der Waals surface area contributed by atoms with Crippen LogP contribution in [0.4, 0.5) is 0 Å². The lowest BCUT2D eigenvalue weighted by atomic mass is 9.95. The molecule has 0 aromatic carbocycles.